The highest BCUT2D eigenvalue weighted by atomic mass is 79.9. The fourth-order valence-corrected chi connectivity index (χ4v) is 2.44. The second-order valence-corrected chi connectivity index (χ2v) is 5.92. The van der Waals surface area contributed by atoms with Crippen LogP contribution < -0.4 is 0 Å². The Morgan fingerprint density at radius 3 is 2.94 bits per heavy atom. The normalized spacial score (nSPS) is 20.4. The van der Waals surface area contributed by atoms with Crippen molar-refractivity contribution in [2.45, 2.75) is 25.9 Å². The number of nitrogens with zero attached hydrogens (tertiary/aromatic N) is 1. The zero-order valence-electron chi connectivity index (χ0n) is 10.2. The molecule has 17 heavy (non-hydrogen) atoms. The average molecular weight is 300 g/mol. The van der Waals surface area contributed by atoms with Crippen molar-refractivity contribution in [3.05, 3.63) is 28.2 Å². The van der Waals surface area contributed by atoms with Crippen LogP contribution in [0.2, 0.25) is 0 Å². The molecule has 1 aromatic carbocycles. The third-order valence-electron chi connectivity index (χ3n) is 3.21. The van der Waals surface area contributed by atoms with Gasteiger partial charge in [-0.2, -0.15) is 0 Å². The van der Waals surface area contributed by atoms with Gasteiger partial charge in [0.15, 0.2) is 0 Å². The predicted molar refractivity (Wildman–Crippen MR) is 71.1 cm³/mol. The van der Waals surface area contributed by atoms with Crippen molar-refractivity contribution in [1.29, 1.82) is 0 Å². The van der Waals surface area contributed by atoms with Gasteiger partial charge in [-0.3, -0.25) is 4.90 Å². The van der Waals surface area contributed by atoms with Crippen molar-refractivity contribution in [3.63, 3.8) is 0 Å². The third kappa shape index (κ3) is 3.00. The fourth-order valence-electron chi connectivity index (χ4n) is 2.07. The molecule has 4 heteroatoms. The van der Waals surface area contributed by atoms with E-state index in [0.29, 0.717) is 5.75 Å². The Kier molecular flexibility index (Phi) is 3.76. The van der Waals surface area contributed by atoms with Crippen LogP contribution in [0, 0.1) is 0 Å². The molecule has 1 N–H and O–H groups in total. The van der Waals surface area contributed by atoms with E-state index in [0.717, 1.165) is 36.3 Å². The van der Waals surface area contributed by atoms with Crippen LogP contribution >= 0.6 is 15.9 Å². The molecule has 0 radical (unpaired) electrons. The van der Waals surface area contributed by atoms with Crippen LogP contribution in [-0.4, -0.2) is 35.3 Å². The molecule has 0 saturated carbocycles. The highest BCUT2D eigenvalue weighted by Crippen LogP contribution is 2.27. The number of benzene rings is 1. The Balaban J connectivity index is 2.16. The van der Waals surface area contributed by atoms with Crippen LogP contribution in [-0.2, 0) is 11.3 Å². The van der Waals surface area contributed by atoms with Crippen molar-refractivity contribution < 1.29 is 9.84 Å². The van der Waals surface area contributed by atoms with E-state index >= 15 is 0 Å². The SMILES string of the molecule is CC1(C)COCCN1Cc1cc(O)ccc1Br. The Hall–Kier alpha value is -0.580. The number of phenolic OH excluding ortho intramolecular Hbond substituents is 1. The molecule has 0 aliphatic carbocycles. The lowest BCUT2D eigenvalue weighted by atomic mass is 10.0. The molecule has 3 nitrogen and oxygen atoms in total. The molecule has 1 aliphatic rings. The first kappa shape index (κ1) is 12.9. The minimum absolute atomic E-state index is 0.0448. The van der Waals surface area contributed by atoms with Gasteiger partial charge in [0.2, 0.25) is 0 Å². The number of rotatable bonds is 2. The van der Waals surface area contributed by atoms with Crippen molar-refractivity contribution in [2.75, 3.05) is 19.8 Å². The minimum Gasteiger partial charge on any atom is -0.508 e. The second kappa shape index (κ2) is 4.96. The lowest BCUT2D eigenvalue weighted by molar-refractivity contribution is -0.0553. The zero-order valence-corrected chi connectivity index (χ0v) is 11.8. The summed E-state index contributed by atoms with van der Waals surface area (Å²) in [6.45, 7) is 7.65. The van der Waals surface area contributed by atoms with Crippen LogP contribution in [0.25, 0.3) is 0 Å². The van der Waals surface area contributed by atoms with Crippen molar-refractivity contribution >= 4 is 15.9 Å². The number of hydrogen-bond donors (Lipinski definition) is 1. The first-order valence-corrected chi connectivity index (χ1v) is 6.58. The van der Waals surface area contributed by atoms with E-state index in [4.69, 9.17) is 4.74 Å². The van der Waals surface area contributed by atoms with Crippen molar-refractivity contribution in [2.24, 2.45) is 0 Å². The number of morpholine rings is 1. The molecule has 2 rings (SSSR count). The topological polar surface area (TPSA) is 32.7 Å². The van der Waals surface area contributed by atoms with Gasteiger partial charge in [-0.25, -0.2) is 0 Å². The average Bonchev–Trinajstić information content (AvgIpc) is 2.26. The first-order valence-electron chi connectivity index (χ1n) is 5.79. The minimum atomic E-state index is 0.0448. The Bertz CT molecular complexity index is 406. The maximum Gasteiger partial charge on any atom is 0.115 e. The Morgan fingerprint density at radius 1 is 1.47 bits per heavy atom. The first-order chi connectivity index (χ1) is 7.99. The standard InChI is InChI=1S/C13H18BrNO2/c1-13(2)9-17-6-5-15(13)8-10-7-11(16)3-4-12(10)14/h3-4,7,16H,5-6,8-9H2,1-2H3. The zero-order chi connectivity index (χ0) is 12.5. The van der Waals surface area contributed by atoms with Crippen LogP contribution in [0.5, 0.6) is 5.75 Å². The predicted octanol–water partition coefficient (Wildman–Crippen LogP) is 2.77. The molecule has 94 valence electrons. The van der Waals surface area contributed by atoms with E-state index in [1.807, 2.05) is 12.1 Å². The summed E-state index contributed by atoms with van der Waals surface area (Å²) in [6.07, 6.45) is 0. The van der Waals surface area contributed by atoms with E-state index in [1.54, 1.807) is 6.07 Å². The summed E-state index contributed by atoms with van der Waals surface area (Å²) in [7, 11) is 0. The number of halogens is 1. The van der Waals surface area contributed by atoms with E-state index in [-0.39, 0.29) is 5.54 Å². The van der Waals surface area contributed by atoms with E-state index < -0.39 is 0 Å². The lowest BCUT2D eigenvalue weighted by Crippen LogP contribution is -2.52. The number of ether oxygens (including phenoxy) is 1. The summed E-state index contributed by atoms with van der Waals surface area (Å²) in [5.41, 5.74) is 1.16. The Morgan fingerprint density at radius 2 is 2.24 bits per heavy atom. The summed E-state index contributed by atoms with van der Waals surface area (Å²) in [6, 6.07) is 5.39. The van der Waals surface area contributed by atoms with Crippen molar-refractivity contribution in [1.82, 2.24) is 4.90 Å². The quantitative estimate of drug-likeness (QED) is 0.911. The third-order valence-corrected chi connectivity index (χ3v) is 3.98. The molecule has 0 atom stereocenters. The van der Waals surface area contributed by atoms with Gasteiger partial charge < -0.3 is 9.84 Å². The molecule has 1 heterocycles. The van der Waals surface area contributed by atoms with Gasteiger partial charge in [0.05, 0.1) is 13.2 Å². The highest BCUT2D eigenvalue weighted by molar-refractivity contribution is 9.10. The van der Waals surface area contributed by atoms with Gasteiger partial charge in [-0.15, -0.1) is 0 Å². The molecule has 0 aromatic heterocycles. The summed E-state index contributed by atoms with van der Waals surface area (Å²) in [4.78, 5) is 2.38. The molecular weight excluding hydrogens is 282 g/mol. The van der Waals surface area contributed by atoms with Gasteiger partial charge >= 0.3 is 0 Å². The van der Waals surface area contributed by atoms with Crippen LogP contribution in [0.3, 0.4) is 0 Å². The maximum absolute atomic E-state index is 9.53. The van der Waals surface area contributed by atoms with Gasteiger partial charge in [0.1, 0.15) is 5.75 Å². The molecule has 0 unspecified atom stereocenters. The summed E-state index contributed by atoms with van der Waals surface area (Å²) >= 11 is 3.53. The van der Waals surface area contributed by atoms with Crippen LogP contribution in [0.4, 0.5) is 0 Å². The van der Waals surface area contributed by atoms with Gasteiger partial charge in [-0.05, 0) is 37.6 Å². The summed E-state index contributed by atoms with van der Waals surface area (Å²) in [5.74, 6) is 0.314. The molecule has 1 saturated heterocycles. The highest BCUT2D eigenvalue weighted by Gasteiger charge is 2.30. The maximum atomic E-state index is 9.53. The van der Waals surface area contributed by atoms with Crippen molar-refractivity contribution in [3.8, 4) is 5.75 Å². The van der Waals surface area contributed by atoms with Gasteiger partial charge in [0, 0.05) is 23.1 Å². The summed E-state index contributed by atoms with van der Waals surface area (Å²) < 4.78 is 6.54. The molecule has 0 bridgehead atoms. The number of hydrogen-bond acceptors (Lipinski definition) is 3. The number of aromatic hydroxyl groups is 1. The molecule has 0 spiro atoms. The summed E-state index contributed by atoms with van der Waals surface area (Å²) in [5, 5.41) is 9.53. The second-order valence-electron chi connectivity index (χ2n) is 5.06. The lowest BCUT2D eigenvalue weighted by Gasteiger charge is -2.42. The van der Waals surface area contributed by atoms with Gasteiger partial charge in [-0.1, -0.05) is 15.9 Å². The molecule has 1 aromatic rings. The Labute approximate surface area is 111 Å². The van der Waals surface area contributed by atoms with Crippen LogP contribution in [0.1, 0.15) is 19.4 Å². The molecule has 1 fully saturated rings. The number of phenols is 1. The smallest absolute Gasteiger partial charge is 0.115 e. The van der Waals surface area contributed by atoms with Crippen LogP contribution in [0.15, 0.2) is 22.7 Å². The van der Waals surface area contributed by atoms with E-state index in [9.17, 15) is 5.11 Å². The molecule has 1 aliphatic heterocycles. The fraction of sp³-hybridized carbons (Fsp3) is 0.538. The molecular formula is C13H18BrNO2. The molecule has 0 amide bonds. The van der Waals surface area contributed by atoms with E-state index in [2.05, 4.69) is 34.7 Å². The monoisotopic (exact) mass is 299 g/mol. The van der Waals surface area contributed by atoms with E-state index in [1.165, 1.54) is 0 Å². The van der Waals surface area contributed by atoms with Gasteiger partial charge in [0.25, 0.3) is 0 Å². The largest absolute Gasteiger partial charge is 0.508 e.